The molecule has 154 valence electrons. The second-order valence-electron chi connectivity index (χ2n) is 7.58. The van der Waals surface area contributed by atoms with Crippen LogP contribution in [0, 0.1) is 0 Å². The first-order valence-electron chi connectivity index (χ1n) is 10.4. The van der Waals surface area contributed by atoms with Gasteiger partial charge in [0.25, 0.3) is 0 Å². The van der Waals surface area contributed by atoms with E-state index in [9.17, 15) is 4.79 Å². The van der Waals surface area contributed by atoms with Gasteiger partial charge in [0, 0.05) is 24.5 Å². The molecule has 6 heteroatoms. The Labute approximate surface area is 173 Å². The zero-order valence-electron chi connectivity index (χ0n) is 17.3. The predicted molar refractivity (Wildman–Crippen MR) is 120 cm³/mol. The summed E-state index contributed by atoms with van der Waals surface area (Å²) < 4.78 is 0. The highest BCUT2D eigenvalue weighted by Crippen LogP contribution is 2.20. The molecule has 6 nitrogen and oxygen atoms in total. The molecule has 0 spiro atoms. The van der Waals surface area contributed by atoms with E-state index in [1.54, 1.807) is 0 Å². The second kappa shape index (κ2) is 9.96. The van der Waals surface area contributed by atoms with Crippen LogP contribution in [0.5, 0.6) is 0 Å². The number of nitrogens with two attached hydrogens (primary N) is 1. The van der Waals surface area contributed by atoms with Crippen LogP contribution in [0.2, 0.25) is 0 Å². The SMILES string of the molecule is CCC(C)c1ccc(NC(N)=NCc2cccc(NC(=O)N3CCCC3)c2)cc1. The average Bonchev–Trinajstić information content (AvgIpc) is 3.28. The molecule has 0 aromatic heterocycles. The summed E-state index contributed by atoms with van der Waals surface area (Å²) in [6.07, 6.45) is 3.28. The summed E-state index contributed by atoms with van der Waals surface area (Å²) in [4.78, 5) is 18.5. The lowest BCUT2D eigenvalue weighted by atomic mass is 9.99. The Morgan fingerprint density at radius 3 is 2.52 bits per heavy atom. The molecule has 29 heavy (non-hydrogen) atoms. The van der Waals surface area contributed by atoms with Gasteiger partial charge in [-0.3, -0.25) is 0 Å². The summed E-state index contributed by atoms with van der Waals surface area (Å²) in [5, 5.41) is 6.09. The van der Waals surface area contributed by atoms with Crippen molar-refractivity contribution in [1.29, 1.82) is 0 Å². The number of carbonyl (C=O) groups excluding carboxylic acids is 1. The highest BCUT2D eigenvalue weighted by atomic mass is 16.2. The molecule has 1 unspecified atom stereocenters. The van der Waals surface area contributed by atoms with Gasteiger partial charge >= 0.3 is 6.03 Å². The van der Waals surface area contributed by atoms with Gasteiger partial charge in [0.2, 0.25) is 0 Å². The Morgan fingerprint density at radius 1 is 1.10 bits per heavy atom. The van der Waals surface area contributed by atoms with Gasteiger partial charge in [0.15, 0.2) is 5.96 Å². The largest absolute Gasteiger partial charge is 0.370 e. The average molecular weight is 394 g/mol. The molecule has 0 saturated carbocycles. The number of urea groups is 1. The molecule has 4 N–H and O–H groups in total. The molecule has 0 bridgehead atoms. The van der Waals surface area contributed by atoms with Crippen molar-refractivity contribution in [3.63, 3.8) is 0 Å². The van der Waals surface area contributed by atoms with Crippen molar-refractivity contribution in [2.45, 2.75) is 45.6 Å². The summed E-state index contributed by atoms with van der Waals surface area (Å²) in [7, 11) is 0. The topological polar surface area (TPSA) is 82.7 Å². The summed E-state index contributed by atoms with van der Waals surface area (Å²) in [5.41, 5.74) is 10.1. The van der Waals surface area contributed by atoms with Crippen LogP contribution in [-0.4, -0.2) is 30.0 Å². The van der Waals surface area contributed by atoms with Crippen molar-refractivity contribution < 1.29 is 4.79 Å². The van der Waals surface area contributed by atoms with Crippen LogP contribution in [0.4, 0.5) is 16.2 Å². The number of aliphatic imine (C=N–C) groups is 1. The summed E-state index contributed by atoms with van der Waals surface area (Å²) in [5.74, 6) is 0.918. The molecule has 2 aromatic rings. The van der Waals surface area contributed by atoms with Gasteiger partial charge in [-0.05, 0) is 60.6 Å². The molecular weight excluding hydrogens is 362 g/mol. The first-order valence-corrected chi connectivity index (χ1v) is 10.4. The van der Waals surface area contributed by atoms with Gasteiger partial charge in [-0.1, -0.05) is 38.1 Å². The number of carbonyl (C=O) groups is 1. The first-order chi connectivity index (χ1) is 14.0. The van der Waals surface area contributed by atoms with Crippen molar-refractivity contribution >= 4 is 23.4 Å². The number of nitrogens with zero attached hydrogens (tertiary/aromatic N) is 2. The molecule has 1 aliphatic rings. The number of hydrogen-bond donors (Lipinski definition) is 3. The van der Waals surface area contributed by atoms with Crippen LogP contribution in [0.15, 0.2) is 53.5 Å². The number of amides is 2. The maximum atomic E-state index is 12.2. The van der Waals surface area contributed by atoms with Crippen LogP contribution in [0.3, 0.4) is 0 Å². The van der Waals surface area contributed by atoms with Crippen molar-refractivity contribution in [3.8, 4) is 0 Å². The molecular formula is C23H31N5O. The van der Waals surface area contributed by atoms with E-state index in [-0.39, 0.29) is 6.03 Å². The molecule has 3 rings (SSSR count). The van der Waals surface area contributed by atoms with Crippen LogP contribution < -0.4 is 16.4 Å². The summed E-state index contributed by atoms with van der Waals surface area (Å²) in [6.45, 7) is 6.51. The molecule has 1 fully saturated rings. The van der Waals surface area contributed by atoms with Crippen LogP contribution in [0.1, 0.15) is 50.2 Å². The number of anilines is 2. The summed E-state index contributed by atoms with van der Waals surface area (Å²) in [6, 6.07) is 16.0. The quantitative estimate of drug-likeness (QED) is 0.489. The van der Waals surface area contributed by atoms with E-state index in [1.165, 1.54) is 5.56 Å². The number of likely N-dealkylation sites (tertiary alicyclic amines) is 1. The number of benzene rings is 2. The Bertz CT molecular complexity index is 841. The Balaban J connectivity index is 1.55. The monoisotopic (exact) mass is 393 g/mol. The van der Waals surface area contributed by atoms with Crippen molar-refractivity contribution in [3.05, 3.63) is 59.7 Å². The third-order valence-electron chi connectivity index (χ3n) is 5.37. The fraction of sp³-hybridized carbons (Fsp3) is 0.391. The van der Waals surface area contributed by atoms with Crippen LogP contribution in [0.25, 0.3) is 0 Å². The molecule has 1 heterocycles. The fourth-order valence-corrected chi connectivity index (χ4v) is 3.36. The smallest absolute Gasteiger partial charge is 0.321 e. The van der Waals surface area contributed by atoms with Gasteiger partial charge in [-0.2, -0.15) is 0 Å². The van der Waals surface area contributed by atoms with Crippen LogP contribution in [-0.2, 0) is 6.54 Å². The Morgan fingerprint density at radius 2 is 1.83 bits per heavy atom. The molecule has 2 amide bonds. The van der Waals surface area contributed by atoms with Crippen LogP contribution >= 0.6 is 0 Å². The van der Waals surface area contributed by atoms with E-state index in [0.717, 1.165) is 49.3 Å². The van der Waals surface area contributed by atoms with E-state index in [0.29, 0.717) is 18.4 Å². The van der Waals surface area contributed by atoms with Gasteiger partial charge in [0.1, 0.15) is 0 Å². The van der Waals surface area contributed by atoms with Gasteiger partial charge < -0.3 is 21.3 Å². The molecule has 0 radical (unpaired) electrons. The lowest BCUT2D eigenvalue weighted by Gasteiger charge is -2.16. The summed E-state index contributed by atoms with van der Waals surface area (Å²) >= 11 is 0. The lowest BCUT2D eigenvalue weighted by Crippen LogP contribution is -2.32. The molecule has 1 aliphatic heterocycles. The highest BCUT2D eigenvalue weighted by molar-refractivity contribution is 5.92. The normalized spacial score (nSPS) is 15.2. The van der Waals surface area contributed by atoms with E-state index in [4.69, 9.17) is 5.73 Å². The van der Waals surface area contributed by atoms with Gasteiger partial charge in [-0.15, -0.1) is 0 Å². The molecule has 1 saturated heterocycles. The van der Waals surface area contributed by atoms with Gasteiger partial charge in [-0.25, -0.2) is 9.79 Å². The Kier molecular flexibility index (Phi) is 7.11. The molecule has 2 aromatic carbocycles. The van der Waals surface area contributed by atoms with E-state index in [2.05, 4.69) is 41.6 Å². The standard InChI is InChI=1S/C23H31N5O/c1-3-17(2)19-9-11-20(12-10-19)26-22(24)25-16-18-7-6-8-21(15-18)27-23(29)28-13-4-5-14-28/h6-12,15,17H,3-5,13-14,16H2,1-2H3,(H,27,29)(H3,24,25,26). The number of rotatable bonds is 6. The van der Waals surface area contributed by atoms with E-state index < -0.39 is 0 Å². The van der Waals surface area contributed by atoms with E-state index in [1.807, 2.05) is 41.3 Å². The van der Waals surface area contributed by atoms with Crippen molar-refractivity contribution in [1.82, 2.24) is 4.90 Å². The first kappa shape index (κ1) is 20.7. The minimum atomic E-state index is -0.0369. The number of nitrogens with one attached hydrogen (secondary N) is 2. The van der Waals surface area contributed by atoms with E-state index >= 15 is 0 Å². The predicted octanol–water partition coefficient (Wildman–Crippen LogP) is 4.75. The maximum absolute atomic E-state index is 12.2. The zero-order chi connectivity index (χ0) is 20.6. The zero-order valence-corrected chi connectivity index (χ0v) is 17.3. The second-order valence-corrected chi connectivity index (χ2v) is 7.58. The fourth-order valence-electron chi connectivity index (χ4n) is 3.36. The van der Waals surface area contributed by atoms with Crippen molar-refractivity contribution in [2.24, 2.45) is 10.7 Å². The minimum absolute atomic E-state index is 0.0369. The minimum Gasteiger partial charge on any atom is -0.370 e. The third kappa shape index (κ3) is 5.98. The lowest BCUT2D eigenvalue weighted by molar-refractivity contribution is 0.222. The molecule has 0 aliphatic carbocycles. The van der Waals surface area contributed by atoms with Crippen molar-refractivity contribution in [2.75, 3.05) is 23.7 Å². The van der Waals surface area contributed by atoms with Gasteiger partial charge in [0.05, 0.1) is 6.54 Å². The maximum Gasteiger partial charge on any atom is 0.321 e. The number of guanidine groups is 1. The highest BCUT2D eigenvalue weighted by Gasteiger charge is 2.17. The number of hydrogen-bond acceptors (Lipinski definition) is 2. The third-order valence-corrected chi connectivity index (χ3v) is 5.37. The molecule has 1 atom stereocenters. The Hall–Kier alpha value is -3.02.